The molecule has 0 fully saturated rings. The van der Waals surface area contributed by atoms with Crippen molar-refractivity contribution in [3.63, 3.8) is 0 Å². The topological polar surface area (TPSA) is 66.4 Å². The third kappa shape index (κ3) is 4.79. The van der Waals surface area contributed by atoms with E-state index in [0.29, 0.717) is 0 Å². The number of aryl methyl sites for hydroxylation is 2. The van der Waals surface area contributed by atoms with Gasteiger partial charge < -0.3 is 10.4 Å². The van der Waals surface area contributed by atoms with Crippen molar-refractivity contribution in [1.29, 1.82) is 0 Å². The number of aliphatic carboxylic acids is 1. The predicted molar refractivity (Wildman–Crippen MR) is 79.9 cm³/mol. The smallest absolute Gasteiger partial charge is 0.328 e. The first kappa shape index (κ1) is 17.0. The number of alkyl halides is 1. The molecule has 1 atom stereocenters. The average molecular weight is 364 g/mol. The standard InChI is InChI=1S/C13H15BrFNO3S/c1-7-4-11(8(2)3-9(7)14)20-6-12(17)16-10(5-15)13(18)19/h3-4,10H,5-6H2,1-2H3,(H,16,17)(H,18,19). The Hall–Kier alpha value is -1.08. The molecular weight excluding hydrogens is 349 g/mol. The number of hydrogen-bond acceptors (Lipinski definition) is 3. The first-order valence-corrected chi connectivity index (χ1v) is 7.60. The third-order valence-electron chi connectivity index (χ3n) is 2.60. The van der Waals surface area contributed by atoms with Crippen LogP contribution in [0.4, 0.5) is 4.39 Å². The van der Waals surface area contributed by atoms with Crippen LogP contribution in [-0.4, -0.2) is 35.5 Å². The van der Waals surface area contributed by atoms with Crippen molar-refractivity contribution in [2.24, 2.45) is 0 Å². The van der Waals surface area contributed by atoms with E-state index in [1.54, 1.807) is 0 Å². The minimum atomic E-state index is -1.48. The summed E-state index contributed by atoms with van der Waals surface area (Å²) in [5.41, 5.74) is 2.06. The molecule has 1 aromatic rings. The largest absolute Gasteiger partial charge is 0.480 e. The van der Waals surface area contributed by atoms with Gasteiger partial charge in [-0.25, -0.2) is 9.18 Å². The number of hydrogen-bond donors (Lipinski definition) is 2. The molecule has 0 heterocycles. The molecule has 110 valence electrons. The van der Waals surface area contributed by atoms with Gasteiger partial charge in [-0.3, -0.25) is 4.79 Å². The zero-order valence-electron chi connectivity index (χ0n) is 11.1. The number of carbonyl (C=O) groups is 2. The third-order valence-corrected chi connectivity index (χ3v) is 4.61. The normalized spacial score (nSPS) is 12.0. The number of halogens is 2. The van der Waals surface area contributed by atoms with Crippen LogP contribution in [0.15, 0.2) is 21.5 Å². The number of benzene rings is 1. The molecule has 2 N–H and O–H groups in total. The summed E-state index contributed by atoms with van der Waals surface area (Å²) in [6.45, 7) is 2.74. The summed E-state index contributed by atoms with van der Waals surface area (Å²) in [6, 6.07) is 2.43. The Morgan fingerprint density at radius 1 is 1.40 bits per heavy atom. The predicted octanol–water partition coefficient (Wildman–Crippen LogP) is 2.70. The molecule has 0 saturated carbocycles. The SMILES string of the molecule is Cc1cc(SCC(=O)NC(CF)C(=O)O)c(C)cc1Br. The molecule has 0 aromatic heterocycles. The number of rotatable bonds is 6. The summed E-state index contributed by atoms with van der Waals surface area (Å²) in [5.74, 6) is -1.83. The highest BCUT2D eigenvalue weighted by Crippen LogP contribution is 2.28. The lowest BCUT2D eigenvalue weighted by Gasteiger charge is -2.12. The van der Waals surface area contributed by atoms with Crippen molar-refractivity contribution >= 4 is 39.6 Å². The summed E-state index contributed by atoms with van der Waals surface area (Å²) in [7, 11) is 0. The Kier molecular flexibility index (Phi) is 6.48. The maximum absolute atomic E-state index is 12.4. The first-order valence-electron chi connectivity index (χ1n) is 5.82. The minimum Gasteiger partial charge on any atom is -0.480 e. The average Bonchev–Trinajstić information content (AvgIpc) is 2.38. The zero-order valence-corrected chi connectivity index (χ0v) is 13.5. The summed E-state index contributed by atoms with van der Waals surface area (Å²) >= 11 is 4.72. The molecule has 1 unspecified atom stereocenters. The van der Waals surface area contributed by atoms with Crippen molar-refractivity contribution in [1.82, 2.24) is 5.32 Å². The Balaban J connectivity index is 2.61. The number of carboxylic acid groups (broad SMARTS) is 1. The van der Waals surface area contributed by atoms with Gasteiger partial charge in [0.2, 0.25) is 5.91 Å². The molecule has 20 heavy (non-hydrogen) atoms. The molecule has 0 saturated heterocycles. The van der Waals surface area contributed by atoms with Gasteiger partial charge in [-0.1, -0.05) is 15.9 Å². The molecule has 4 nitrogen and oxygen atoms in total. The second-order valence-corrected chi connectivity index (χ2v) is 6.14. The molecule has 0 bridgehead atoms. The van der Waals surface area contributed by atoms with E-state index in [4.69, 9.17) is 5.11 Å². The second-order valence-electron chi connectivity index (χ2n) is 4.27. The Morgan fingerprint density at radius 3 is 2.60 bits per heavy atom. The van der Waals surface area contributed by atoms with Crippen LogP contribution >= 0.6 is 27.7 Å². The van der Waals surface area contributed by atoms with Gasteiger partial charge in [-0.15, -0.1) is 11.8 Å². The monoisotopic (exact) mass is 363 g/mol. The van der Waals surface area contributed by atoms with E-state index in [0.717, 1.165) is 20.5 Å². The highest BCUT2D eigenvalue weighted by Gasteiger charge is 2.19. The highest BCUT2D eigenvalue weighted by molar-refractivity contribution is 9.10. The highest BCUT2D eigenvalue weighted by atomic mass is 79.9. The molecule has 0 aliphatic rings. The lowest BCUT2D eigenvalue weighted by Crippen LogP contribution is -2.43. The van der Waals surface area contributed by atoms with E-state index in [-0.39, 0.29) is 5.75 Å². The van der Waals surface area contributed by atoms with Crippen molar-refractivity contribution in [2.75, 3.05) is 12.4 Å². The van der Waals surface area contributed by atoms with E-state index in [2.05, 4.69) is 21.2 Å². The number of carboxylic acids is 1. The van der Waals surface area contributed by atoms with E-state index in [9.17, 15) is 14.0 Å². The zero-order chi connectivity index (χ0) is 15.3. The summed E-state index contributed by atoms with van der Waals surface area (Å²) in [4.78, 5) is 23.1. The minimum absolute atomic E-state index is 0.0473. The van der Waals surface area contributed by atoms with Crippen LogP contribution in [0.5, 0.6) is 0 Å². The fourth-order valence-corrected chi connectivity index (χ4v) is 2.83. The quantitative estimate of drug-likeness (QED) is 0.762. The van der Waals surface area contributed by atoms with Gasteiger partial charge in [0.05, 0.1) is 5.75 Å². The summed E-state index contributed by atoms with van der Waals surface area (Å²) < 4.78 is 13.4. The lowest BCUT2D eigenvalue weighted by molar-refractivity contribution is -0.141. The van der Waals surface area contributed by atoms with Gasteiger partial charge in [-0.2, -0.15) is 0 Å². The molecule has 0 spiro atoms. The van der Waals surface area contributed by atoms with E-state index < -0.39 is 24.6 Å². The van der Waals surface area contributed by atoms with Crippen LogP contribution in [0.3, 0.4) is 0 Å². The van der Waals surface area contributed by atoms with Gasteiger partial charge in [0.1, 0.15) is 6.67 Å². The fourth-order valence-electron chi connectivity index (χ4n) is 1.46. The van der Waals surface area contributed by atoms with Crippen molar-refractivity contribution in [3.8, 4) is 0 Å². The molecule has 0 aliphatic heterocycles. The maximum Gasteiger partial charge on any atom is 0.328 e. The first-order chi connectivity index (χ1) is 9.35. The van der Waals surface area contributed by atoms with Gasteiger partial charge in [0.25, 0.3) is 0 Å². The van der Waals surface area contributed by atoms with E-state index in [1.165, 1.54) is 11.8 Å². The van der Waals surface area contributed by atoms with Gasteiger partial charge in [0.15, 0.2) is 6.04 Å². The maximum atomic E-state index is 12.4. The van der Waals surface area contributed by atoms with E-state index in [1.807, 2.05) is 26.0 Å². The molecule has 7 heteroatoms. The van der Waals surface area contributed by atoms with Crippen LogP contribution in [0, 0.1) is 13.8 Å². The van der Waals surface area contributed by atoms with Crippen molar-refractivity contribution in [3.05, 3.63) is 27.7 Å². The summed E-state index contributed by atoms with van der Waals surface area (Å²) in [6.07, 6.45) is 0. The van der Waals surface area contributed by atoms with Gasteiger partial charge >= 0.3 is 5.97 Å². The van der Waals surface area contributed by atoms with Crippen molar-refractivity contribution in [2.45, 2.75) is 24.8 Å². The molecule has 0 aliphatic carbocycles. The molecular formula is C13H15BrFNO3S. The van der Waals surface area contributed by atoms with Crippen LogP contribution in [0.1, 0.15) is 11.1 Å². The molecule has 1 aromatic carbocycles. The number of carbonyl (C=O) groups excluding carboxylic acids is 1. The molecule has 1 rings (SSSR count). The van der Waals surface area contributed by atoms with Gasteiger partial charge in [0, 0.05) is 9.37 Å². The lowest BCUT2D eigenvalue weighted by atomic mass is 10.2. The number of thioether (sulfide) groups is 1. The van der Waals surface area contributed by atoms with E-state index >= 15 is 0 Å². The van der Waals surface area contributed by atoms with Gasteiger partial charge in [-0.05, 0) is 37.1 Å². The Labute approximate surface area is 129 Å². The van der Waals surface area contributed by atoms with Crippen LogP contribution in [0.2, 0.25) is 0 Å². The Bertz CT molecular complexity index is 525. The fraction of sp³-hybridized carbons (Fsp3) is 0.385. The number of nitrogens with one attached hydrogen (secondary N) is 1. The van der Waals surface area contributed by atoms with Crippen LogP contribution in [0.25, 0.3) is 0 Å². The second kappa shape index (κ2) is 7.64. The number of amides is 1. The molecule has 1 amide bonds. The summed E-state index contributed by atoms with van der Waals surface area (Å²) in [5, 5.41) is 10.8. The van der Waals surface area contributed by atoms with Crippen LogP contribution < -0.4 is 5.32 Å². The van der Waals surface area contributed by atoms with Crippen LogP contribution in [-0.2, 0) is 9.59 Å². The molecule has 0 radical (unpaired) electrons. The Morgan fingerprint density at radius 2 is 2.05 bits per heavy atom. The van der Waals surface area contributed by atoms with Crippen molar-refractivity contribution < 1.29 is 19.1 Å².